The molecule has 1 saturated carbocycles. The molecule has 0 radical (unpaired) electrons. The fraction of sp³-hybridized carbons (Fsp3) is 0.917. The summed E-state index contributed by atoms with van der Waals surface area (Å²) in [5.41, 5.74) is -0.866. The van der Waals surface area contributed by atoms with Crippen LogP contribution in [0.2, 0.25) is 0 Å². The third-order valence-corrected chi connectivity index (χ3v) is 7.40. The molecule has 5 unspecified atom stereocenters. The summed E-state index contributed by atoms with van der Waals surface area (Å²) in [5, 5.41) is 20.3. The maximum atomic E-state index is 12.7. The van der Waals surface area contributed by atoms with Crippen LogP contribution >= 0.6 is 0 Å². The lowest BCUT2D eigenvalue weighted by Gasteiger charge is -2.47. The summed E-state index contributed by atoms with van der Waals surface area (Å²) < 4.78 is 0. The van der Waals surface area contributed by atoms with Crippen molar-refractivity contribution in [2.24, 2.45) is 29.1 Å². The molecule has 4 nitrogen and oxygen atoms in total. The lowest BCUT2D eigenvalue weighted by molar-refractivity contribution is -0.166. The van der Waals surface area contributed by atoms with E-state index in [9.17, 15) is 19.8 Å². The molecule has 0 aromatic heterocycles. The number of unbranched alkanes of at least 4 members (excludes halogenated alkanes) is 2. The van der Waals surface area contributed by atoms with Crippen LogP contribution in [0.5, 0.6) is 0 Å². The van der Waals surface area contributed by atoms with Gasteiger partial charge in [-0.05, 0) is 43.4 Å². The fourth-order valence-electron chi connectivity index (χ4n) is 5.50. The molecule has 2 N–H and O–H groups in total. The zero-order valence-corrected chi connectivity index (χ0v) is 18.7. The molecule has 4 heteroatoms. The van der Waals surface area contributed by atoms with E-state index in [0.29, 0.717) is 31.1 Å². The number of carboxylic acid groups (broad SMARTS) is 2. The quantitative estimate of drug-likeness (QED) is 0.340. The van der Waals surface area contributed by atoms with E-state index >= 15 is 0 Å². The van der Waals surface area contributed by atoms with Crippen molar-refractivity contribution in [1.29, 1.82) is 0 Å². The van der Waals surface area contributed by atoms with Gasteiger partial charge in [0, 0.05) is 0 Å². The molecule has 5 atom stereocenters. The number of aliphatic carboxylic acids is 2. The van der Waals surface area contributed by atoms with Gasteiger partial charge in [-0.15, -0.1) is 0 Å². The van der Waals surface area contributed by atoms with Crippen LogP contribution in [0.3, 0.4) is 0 Å². The highest BCUT2D eigenvalue weighted by molar-refractivity contribution is 5.78. The highest BCUT2D eigenvalue weighted by Gasteiger charge is 2.53. The van der Waals surface area contributed by atoms with Crippen LogP contribution in [0.15, 0.2) is 0 Å². The van der Waals surface area contributed by atoms with Gasteiger partial charge < -0.3 is 10.2 Å². The number of rotatable bonds is 14. The Hall–Kier alpha value is -1.06. The van der Waals surface area contributed by atoms with E-state index < -0.39 is 23.3 Å². The molecule has 0 amide bonds. The second kappa shape index (κ2) is 12.5. The first-order valence-corrected chi connectivity index (χ1v) is 11.8. The van der Waals surface area contributed by atoms with Crippen molar-refractivity contribution in [2.45, 2.75) is 111 Å². The zero-order chi connectivity index (χ0) is 21.2. The number of hydrogen-bond acceptors (Lipinski definition) is 2. The van der Waals surface area contributed by atoms with Crippen molar-refractivity contribution in [3.05, 3.63) is 0 Å². The van der Waals surface area contributed by atoms with Crippen molar-refractivity contribution in [3.63, 3.8) is 0 Å². The number of carboxylic acids is 2. The standard InChI is InChI=1S/C24H44O4/c1-5-9-12-18(7-3)16-21-20(22(25)26)14-11-15-24(21,23(27)28)17-19(8-4)13-10-6-2/h18-21H,5-17H2,1-4H3,(H,25,26)(H,27,28). The van der Waals surface area contributed by atoms with E-state index in [1.165, 1.54) is 0 Å². The highest BCUT2D eigenvalue weighted by Crippen LogP contribution is 2.52. The molecule has 1 aliphatic rings. The Labute approximate surface area is 172 Å². The largest absolute Gasteiger partial charge is 0.481 e. The summed E-state index contributed by atoms with van der Waals surface area (Å²) in [4.78, 5) is 24.8. The van der Waals surface area contributed by atoms with E-state index in [2.05, 4.69) is 27.7 Å². The Kier molecular flexibility index (Phi) is 11.1. The van der Waals surface area contributed by atoms with E-state index in [-0.39, 0.29) is 5.92 Å². The lowest BCUT2D eigenvalue weighted by Crippen LogP contribution is -2.49. The van der Waals surface area contributed by atoms with Gasteiger partial charge in [-0.25, -0.2) is 0 Å². The highest BCUT2D eigenvalue weighted by atomic mass is 16.4. The first kappa shape index (κ1) is 25.0. The van der Waals surface area contributed by atoms with Crippen LogP contribution in [-0.4, -0.2) is 22.2 Å². The molecule has 28 heavy (non-hydrogen) atoms. The monoisotopic (exact) mass is 396 g/mol. The maximum Gasteiger partial charge on any atom is 0.309 e. The molecule has 0 bridgehead atoms. The van der Waals surface area contributed by atoms with Crippen molar-refractivity contribution < 1.29 is 19.8 Å². The minimum atomic E-state index is -0.866. The topological polar surface area (TPSA) is 74.6 Å². The van der Waals surface area contributed by atoms with Crippen molar-refractivity contribution in [1.82, 2.24) is 0 Å². The van der Waals surface area contributed by atoms with Crippen molar-refractivity contribution >= 4 is 11.9 Å². The van der Waals surface area contributed by atoms with E-state index in [4.69, 9.17) is 0 Å². The van der Waals surface area contributed by atoms with Crippen LogP contribution in [0.25, 0.3) is 0 Å². The lowest BCUT2D eigenvalue weighted by atomic mass is 9.56. The smallest absolute Gasteiger partial charge is 0.309 e. The van der Waals surface area contributed by atoms with E-state index in [0.717, 1.165) is 64.2 Å². The summed E-state index contributed by atoms with van der Waals surface area (Å²) in [5.74, 6) is -1.48. The Morgan fingerprint density at radius 3 is 2.00 bits per heavy atom. The average molecular weight is 397 g/mol. The third-order valence-electron chi connectivity index (χ3n) is 7.40. The minimum absolute atomic E-state index is 0.242. The molecule has 164 valence electrons. The number of carbonyl (C=O) groups is 2. The summed E-state index contributed by atoms with van der Waals surface area (Å²) in [6.07, 6.45) is 12.0. The molecule has 1 rings (SSSR count). The second-order valence-corrected chi connectivity index (χ2v) is 9.18. The van der Waals surface area contributed by atoms with Crippen molar-refractivity contribution in [3.8, 4) is 0 Å². The van der Waals surface area contributed by atoms with Gasteiger partial charge in [0.25, 0.3) is 0 Å². The molecule has 0 heterocycles. The summed E-state index contributed by atoms with van der Waals surface area (Å²) >= 11 is 0. The fourth-order valence-corrected chi connectivity index (χ4v) is 5.50. The molecule has 0 aliphatic heterocycles. The van der Waals surface area contributed by atoms with Gasteiger partial charge in [-0.2, -0.15) is 0 Å². The summed E-state index contributed by atoms with van der Waals surface area (Å²) in [6, 6.07) is 0. The van der Waals surface area contributed by atoms with Gasteiger partial charge >= 0.3 is 11.9 Å². The Balaban J connectivity index is 3.21. The van der Waals surface area contributed by atoms with Gasteiger partial charge in [0.15, 0.2) is 0 Å². The number of hydrogen-bond donors (Lipinski definition) is 2. The Bertz CT molecular complexity index is 475. The Morgan fingerprint density at radius 1 is 0.964 bits per heavy atom. The maximum absolute atomic E-state index is 12.7. The molecule has 0 aromatic rings. The second-order valence-electron chi connectivity index (χ2n) is 9.18. The van der Waals surface area contributed by atoms with Crippen LogP contribution in [0, 0.1) is 29.1 Å². The first-order chi connectivity index (χ1) is 13.4. The average Bonchev–Trinajstić information content (AvgIpc) is 2.68. The van der Waals surface area contributed by atoms with Gasteiger partial charge in [0.2, 0.25) is 0 Å². The van der Waals surface area contributed by atoms with Gasteiger partial charge in [-0.1, -0.05) is 85.5 Å². The van der Waals surface area contributed by atoms with Crippen molar-refractivity contribution in [2.75, 3.05) is 0 Å². The summed E-state index contributed by atoms with van der Waals surface area (Å²) in [6.45, 7) is 8.66. The predicted octanol–water partition coefficient (Wildman–Crippen LogP) is 6.77. The Morgan fingerprint density at radius 2 is 1.54 bits per heavy atom. The third kappa shape index (κ3) is 6.49. The SMILES string of the molecule is CCCCC(CC)CC1C(C(=O)O)CCCC1(CC(CC)CCCC)C(=O)O. The molecular weight excluding hydrogens is 352 g/mol. The molecule has 0 saturated heterocycles. The normalized spacial score (nSPS) is 27.3. The zero-order valence-electron chi connectivity index (χ0n) is 18.7. The molecular formula is C24H44O4. The van der Waals surface area contributed by atoms with Gasteiger partial charge in [0.1, 0.15) is 0 Å². The molecule has 1 fully saturated rings. The van der Waals surface area contributed by atoms with Crippen LogP contribution in [-0.2, 0) is 9.59 Å². The molecule has 0 spiro atoms. The van der Waals surface area contributed by atoms with Crippen LogP contribution < -0.4 is 0 Å². The van der Waals surface area contributed by atoms with Gasteiger partial charge in [-0.3, -0.25) is 9.59 Å². The molecule has 0 aromatic carbocycles. The first-order valence-electron chi connectivity index (χ1n) is 11.8. The van der Waals surface area contributed by atoms with Crippen LogP contribution in [0.1, 0.15) is 111 Å². The van der Waals surface area contributed by atoms with Gasteiger partial charge in [0.05, 0.1) is 11.3 Å². The van der Waals surface area contributed by atoms with E-state index in [1.54, 1.807) is 0 Å². The van der Waals surface area contributed by atoms with E-state index in [1.807, 2.05) is 0 Å². The molecule has 1 aliphatic carbocycles. The minimum Gasteiger partial charge on any atom is -0.481 e. The summed E-state index contributed by atoms with van der Waals surface area (Å²) in [7, 11) is 0. The van der Waals surface area contributed by atoms with Crippen LogP contribution in [0.4, 0.5) is 0 Å². The predicted molar refractivity (Wildman–Crippen MR) is 114 cm³/mol.